The van der Waals surface area contributed by atoms with Gasteiger partial charge in [0.2, 0.25) is 19.2 Å². The molecule has 0 aromatic carbocycles. The zero-order chi connectivity index (χ0) is 10.8. The van der Waals surface area contributed by atoms with Gasteiger partial charge in [0.15, 0.2) is 0 Å². The number of carbonyl (C=O) groups excluding carboxylic acids is 1. The zero-order valence-electron chi connectivity index (χ0n) is 7.55. The maximum absolute atomic E-state index is 11.1. The van der Waals surface area contributed by atoms with Gasteiger partial charge in [-0.25, -0.2) is 13.2 Å². The van der Waals surface area contributed by atoms with Crippen molar-refractivity contribution in [2.24, 2.45) is 0 Å². The highest BCUT2D eigenvalue weighted by atomic mass is 32.2. The lowest BCUT2D eigenvalue weighted by Gasteiger charge is -1.94. The first-order valence-electron chi connectivity index (χ1n) is 3.66. The van der Waals surface area contributed by atoms with Gasteiger partial charge in [0, 0.05) is 6.26 Å². The van der Waals surface area contributed by atoms with Crippen molar-refractivity contribution >= 4 is 27.1 Å². The molecule has 0 fully saturated rings. The summed E-state index contributed by atoms with van der Waals surface area (Å²) in [4.78, 5) is 11.1. The fourth-order valence-corrected chi connectivity index (χ4v) is 2.14. The highest BCUT2D eigenvalue weighted by molar-refractivity contribution is 7.92. The van der Waals surface area contributed by atoms with Crippen molar-refractivity contribution in [3.63, 3.8) is 0 Å². The summed E-state index contributed by atoms with van der Waals surface area (Å²) in [6.07, 6.45) is 1.00. The summed E-state index contributed by atoms with van der Waals surface area (Å²) in [5.74, 6) is -0.653. The minimum atomic E-state index is -3.39. The van der Waals surface area contributed by atoms with E-state index in [1.807, 2.05) is 0 Å². The second-order valence-corrected chi connectivity index (χ2v) is 5.53. The van der Waals surface area contributed by atoms with Crippen molar-refractivity contribution < 1.29 is 17.9 Å². The van der Waals surface area contributed by atoms with Gasteiger partial charge in [-0.05, 0) is 6.92 Å². The third-order valence-electron chi connectivity index (χ3n) is 1.17. The van der Waals surface area contributed by atoms with Crippen LogP contribution in [0.5, 0.6) is 0 Å². The third kappa shape index (κ3) is 2.48. The molecular formula is C6H8N2O4S2. The minimum absolute atomic E-state index is 0.0488. The van der Waals surface area contributed by atoms with E-state index in [1.165, 1.54) is 0 Å². The first-order chi connectivity index (χ1) is 6.45. The van der Waals surface area contributed by atoms with Gasteiger partial charge in [-0.15, -0.1) is 10.2 Å². The SMILES string of the molecule is CCOC(=O)c1nnc(S(C)(=O)=O)s1. The van der Waals surface area contributed by atoms with Crippen LogP contribution >= 0.6 is 11.3 Å². The van der Waals surface area contributed by atoms with Gasteiger partial charge >= 0.3 is 5.97 Å². The van der Waals surface area contributed by atoms with Crippen molar-refractivity contribution in [3.8, 4) is 0 Å². The van der Waals surface area contributed by atoms with E-state index in [9.17, 15) is 13.2 Å². The molecule has 0 radical (unpaired) electrons. The Kier molecular flexibility index (Phi) is 3.17. The summed E-state index contributed by atoms with van der Waals surface area (Å²) in [6.45, 7) is 1.86. The van der Waals surface area contributed by atoms with Crippen LogP contribution in [-0.4, -0.2) is 37.4 Å². The molecule has 0 aliphatic rings. The molecular weight excluding hydrogens is 228 g/mol. The molecule has 0 atom stereocenters. The number of nitrogens with zero attached hydrogens (tertiary/aromatic N) is 2. The summed E-state index contributed by atoms with van der Waals surface area (Å²) >= 11 is 0.703. The number of ether oxygens (including phenoxy) is 1. The molecule has 0 spiro atoms. The number of sulfone groups is 1. The van der Waals surface area contributed by atoms with E-state index in [4.69, 9.17) is 0 Å². The maximum Gasteiger partial charge on any atom is 0.369 e. The molecule has 0 amide bonds. The molecule has 0 aliphatic heterocycles. The lowest BCUT2D eigenvalue weighted by atomic mass is 10.7. The number of hydrogen-bond acceptors (Lipinski definition) is 7. The van der Waals surface area contributed by atoms with Crippen LogP contribution in [0, 0.1) is 0 Å². The summed E-state index contributed by atoms with van der Waals surface area (Å²) in [5, 5.41) is 6.74. The molecule has 78 valence electrons. The molecule has 0 unspecified atom stereocenters. The van der Waals surface area contributed by atoms with E-state index < -0.39 is 15.8 Å². The average Bonchev–Trinajstić information content (AvgIpc) is 2.51. The quantitative estimate of drug-likeness (QED) is 0.693. The summed E-state index contributed by atoms with van der Waals surface area (Å²) in [7, 11) is -3.39. The second-order valence-electron chi connectivity index (χ2n) is 2.37. The van der Waals surface area contributed by atoms with Gasteiger partial charge in [0.05, 0.1) is 6.61 Å². The number of esters is 1. The lowest BCUT2D eigenvalue weighted by molar-refractivity contribution is 0.0525. The van der Waals surface area contributed by atoms with Crippen LogP contribution in [0.1, 0.15) is 16.7 Å². The second kappa shape index (κ2) is 4.01. The molecule has 1 aromatic heterocycles. The van der Waals surface area contributed by atoms with Gasteiger partial charge in [0.1, 0.15) is 0 Å². The Bertz CT molecular complexity index is 436. The molecule has 8 heteroatoms. The molecule has 0 aliphatic carbocycles. The molecule has 0 saturated carbocycles. The fourth-order valence-electron chi connectivity index (χ4n) is 0.635. The molecule has 14 heavy (non-hydrogen) atoms. The Hall–Kier alpha value is -1.02. The molecule has 1 rings (SSSR count). The van der Waals surface area contributed by atoms with E-state index >= 15 is 0 Å². The third-order valence-corrected chi connectivity index (χ3v) is 3.75. The molecule has 0 bridgehead atoms. The predicted molar refractivity (Wildman–Crippen MR) is 49.0 cm³/mol. The Balaban J connectivity index is 2.94. The number of carbonyl (C=O) groups is 1. The maximum atomic E-state index is 11.1. The van der Waals surface area contributed by atoms with Crippen molar-refractivity contribution in [2.75, 3.05) is 12.9 Å². The van der Waals surface area contributed by atoms with Crippen LogP contribution in [0.15, 0.2) is 4.34 Å². The first-order valence-corrected chi connectivity index (χ1v) is 6.36. The number of hydrogen-bond donors (Lipinski definition) is 0. The number of rotatable bonds is 3. The monoisotopic (exact) mass is 236 g/mol. The van der Waals surface area contributed by atoms with E-state index in [0.29, 0.717) is 11.3 Å². The highest BCUT2D eigenvalue weighted by Crippen LogP contribution is 2.15. The average molecular weight is 236 g/mol. The van der Waals surface area contributed by atoms with Gasteiger partial charge in [-0.2, -0.15) is 0 Å². The van der Waals surface area contributed by atoms with Crippen molar-refractivity contribution in [1.29, 1.82) is 0 Å². The van der Waals surface area contributed by atoms with Gasteiger partial charge in [-0.1, -0.05) is 11.3 Å². The summed E-state index contributed by atoms with van der Waals surface area (Å²) < 4.78 is 26.4. The van der Waals surface area contributed by atoms with E-state index in [0.717, 1.165) is 6.26 Å². The lowest BCUT2D eigenvalue weighted by Crippen LogP contribution is -2.03. The predicted octanol–water partition coefficient (Wildman–Crippen LogP) is 0.118. The highest BCUT2D eigenvalue weighted by Gasteiger charge is 2.19. The van der Waals surface area contributed by atoms with Crippen molar-refractivity contribution in [1.82, 2.24) is 10.2 Å². The Morgan fingerprint density at radius 1 is 1.50 bits per heavy atom. The molecule has 1 aromatic rings. The normalized spacial score (nSPS) is 11.3. The van der Waals surface area contributed by atoms with E-state index in [1.54, 1.807) is 6.92 Å². The summed E-state index contributed by atoms with van der Waals surface area (Å²) in [5.41, 5.74) is 0. The van der Waals surface area contributed by atoms with Gasteiger partial charge in [0.25, 0.3) is 0 Å². The zero-order valence-corrected chi connectivity index (χ0v) is 9.18. The first kappa shape index (κ1) is 11.1. The fraction of sp³-hybridized carbons (Fsp3) is 0.500. The largest absolute Gasteiger partial charge is 0.461 e. The standard InChI is InChI=1S/C6H8N2O4S2/c1-3-12-5(9)4-7-8-6(13-4)14(2,10)11/h3H2,1-2H3. The topological polar surface area (TPSA) is 86.2 Å². The van der Waals surface area contributed by atoms with Crippen LogP contribution in [-0.2, 0) is 14.6 Å². The Labute approximate surface area is 84.8 Å². The Morgan fingerprint density at radius 3 is 2.57 bits per heavy atom. The van der Waals surface area contributed by atoms with Crippen molar-refractivity contribution in [3.05, 3.63) is 5.01 Å². The van der Waals surface area contributed by atoms with Crippen LogP contribution < -0.4 is 0 Å². The van der Waals surface area contributed by atoms with Gasteiger partial charge in [-0.3, -0.25) is 0 Å². The molecule has 0 saturated heterocycles. The van der Waals surface area contributed by atoms with Crippen molar-refractivity contribution in [2.45, 2.75) is 11.3 Å². The smallest absolute Gasteiger partial charge is 0.369 e. The van der Waals surface area contributed by atoms with Crippen LogP contribution in [0.2, 0.25) is 0 Å². The van der Waals surface area contributed by atoms with E-state index in [2.05, 4.69) is 14.9 Å². The summed E-state index contributed by atoms with van der Waals surface area (Å²) in [6, 6.07) is 0. The van der Waals surface area contributed by atoms with Gasteiger partial charge < -0.3 is 4.74 Å². The minimum Gasteiger partial charge on any atom is -0.461 e. The molecule has 0 N–H and O–H groups in total. The van der Waals surface area contributed by atoms with E-state index in [-0.39, 0.29) is 16.0 Å². The molecule has 6 nitrogen and oxygen atoms in total. The molecule has 1 heterocycles. The Morgan fingerprint density at radius 2 is 2.14 bits per heavy atom. The van der Waals surface area contributed by atoms with Crippen LogP contribution in [0.4, 0.5) is 0 Å². The van der Waals surface area contributed by atoms with Crippen LogP contribution in [0.3, 0.4) is 0 Å². The number of aromatic nitrogens is 2. The van der Waals surface area contributed by atoms with Crippen LogP contribution in [0.25, 0.3) is 0 Å².